The molecule has 1 rings (SSSR count). The number of hydrogen-bond acceptors (Lipinski definition) is 5. The van der Waals surface area contributed by atoms with E-state index in [1.165, 1.54) is 11.3 Å². The third-order valence-electron chi connectivity index (χ3n) is 1.92. The third-order valence-corrected chi connectivity index (χ3v) is 2.97. The van der Waals surface area contributed by atoms with Gasteiger partial charge in [-0.25, -0.2) is 13.8 Å². The number of ether oxygens (including phenoxy) is 1. The largest absolute Gasteiger partial charge is 0.374 e. The quantitative estimate of drug-likeness (QED) is 0.735. The highest BCUT2D eigenvalue weighted by Crippen LogP contribution is 2.15. The minimum atomic E-state index is -2.49. The molecule has 8 heteroatoms. The van der Waals surface area contributed by atoms with E-state index < -0.39 is 13.0 Å². The Labute approximate surface area is 107 Å². The highest BCUT2D eigenvalue weighted by molar-refractivity contribution is 7.09. The Bertz CT molecular complexity index is 385. The van der Waals surface area contributed by atoms with Crippen molar-refractivity contribution in [3.8, 4) is 0 Å². The summed E-state index contributed by atoms with van der Waals surface area (Å²) in [6.07, 6.45) is -2.49. The van der Waals surface area contributed by atoms with Crippen LogP contribution in [-0.2, 0) is 4.74 Å². The highest BCUT2D eigenvalue weighted by Gasteiger charge is 2.12. The molecule has 1 heterocycles. The van der Waals surface area contributed by atoms with Crippen molar-refractivity contribution in [2.75, 3.05) is 19.8 Å². The van der Waals surface area contributed by atoms with Gasteiger partial charge in [0.15, 0.2) is 0 Å². The molecule has 0 aliphatic carbocycles. The molecule has 1 aromatic rings. The molecule has 102 valence electrons. The Kier molecular flexibility index (Phi) is 6.10. The Morgan fingerprint density at radius 2 is 2.39 bits per heavy atom. The molecule has 5 nitrogen and oxygen atoms in total. The number of alkyl halides is 2. The molecule has 0 spiro atoms. The molecule has 0 aliphatic heterocycles. The van der Waals surface area contributed by atoms with Gasteiger partial charge in [0.1, 0.15) is 17.3 Å². The molecule has 1 atom stereocenters. The highest BCUT2D eigenvalue weighted by atomic mass is 32.1. The van der Waals surface area contributed by atoms with Crippen molar-refractivity contribution in [1.29, 1.82) is 0 Å². The molecule has 0 saturated heterocycles. The van der Waals surface area contributed by atoms with Gasteiger partial charge in [-0.1, -0.05) is 0 Å². The lowest BCUT2D eigenvalue weighted by atomic mass is 10.4. The minimum Gasteiger partial charge on any atom is -0.374 e. The summed E-state index contributed by atoms with van der Waals surface area (Å²) in [5.74, 6) is -0.362. The fourth-order valence-corrected chi connectivity index (χ4v) is 1.86. The first kappa shape index (κ1) is 14.9. The second-order valence-corrected chi connectivity index (χ2v) is 4.47. The van der Waals surface area contributed by atoms with Crippen LogP contribution in [0, 0.1) is 0 Å². The Morgan fingerprint density at radius 1 is 1.67 bits per heavy atom. The van der Waals surface area contributed by atoms with Gasteiger partial charge >= 0.3 is 0 Å². The van der Waals surface area contributed by atoms with Crippen molar-refractivity contribution >= 4 is 17.2 Å². The van der Waals surface area contributed by atoms with Crippen molar-refractivity contribution in [1.82, 2.24) is 10.3 Å². The number of thiazole rings is 1. The molecule has 3 N–H and O–H groups in total. The zero-order valence-electron chi connectivity index (χ0n) is 9.86. The number of nitrogens with two attached hydrogens (primary N) is 1. The second kappa shape index (κ2) is 7.34. The van der Waals surface area contributed by atoms with Gasteiger partial charge in [0, 0.05) is 11.9 Å². The topological polar surface area (TPSA) is 77.2 Å². The maximum atomic E-state index is 11.7. The van der Waals surface area contributed by atoms with Gasteiger partial charge in [-0.2, -0.15) is 0 Å². The van der Waals surface area contributed by atoms with Crippen LogP contribution in [0.5, 0.6) is 0 Å². The Balaban J connectivity index is 2.27. The van der Waals surface area contributed by atoms with Crippen molar-refractivity contribution < 1.29 is 18.3 Å². The number of nitrogens with one attached hydrogen (secondary N) is 1. The summed E-state index contributed by atoms with van der Waals surface area (Å²) < 4.78 is 28.1. The number of carbonyl (C=O) groups excluding carboxylic acids is 1. The van der Waals surface area contributed by atoms with Crippen molar-refractivity contribution in [3.05, 3.63) is 16.1 Å². The van der Waals surface area contributed by atoms with Crippen LogP contribution in [0.3, 0.4) is 0 Å². The summed E-state index contributed by atoms with van der Waals surface area (Å²) in [7, 11) is 0. The molecule has 0 radical (unpaired) electrons. The molecule has 0 aromatic carbocycles. The van der Waals surface area contributed by atoms with E-state index in [2.05, 4.69) is 15.0 Å². The zero-order chi connectivity index (χ0) is 13.5. The molecule has 1 aromatic heterocycles. The molecule has 18 heavy (non-hydrogen) atoms. The van der Waals surface area contributed by atoms with E-state index in [1.807, 2.05) is 0 Å². The molecule has 1 amide bonds. The van der Waals surface area contributed by atoms with E-state index in [-0.39, 0.29) is 30.8 Å². The van der Waals surface area contributed by atoms with Gasteiger partial charge in [-0.05, 0) is 6.92 Å². The van der Waals surface area contributed by atoms with E-state index >= 15 is 0 Å². The molecule has 1 unspecified atom stereocenters. The van der Waals surface area contributed by atoms with Crippen LogP contribution >= 0.6 is 11.3 Å². The first-order valence-corrected chi connectivity index (χ1v) is 6.23. The minimum absolute atomic E-state index is 0.0420. The monoisotopic (exact) mass is 279 g/mol. The molecule has 0 fully saturated rings. The van der Waals surface area contributed by atoms with Crippen molar-refractivity contribution in [2.45, 2.75) is 19.4 Å². The van der Waals surface area contributed by atoms with E-state index in [0.717, 1.165) is 0 Å². The molecule has 0 saturated carbocycles. The van der Waals surface area contributed by atoms with Gasteiger partial charge in [0.2, 0.25) is 0 Å². The number of aromatic nitrogens is 1. The van der Waals surface area contributed by atoms with Crippen LogP contribution in [0.1, 0.15) is 28.5 Å². The number of amides is 1. The van der Waals surface area contributed by atoms with Crippen LogP contribution in [0.2, 0.25) is 0 Å². The number of rotatable bonds is 7. The first-order valence-electron chi connectivity index (χ1n) is 5.35. The van der Waals surface area contributed by atoms with E-state index in [1.54, 1.807) is 12.3 Å². The smallest absolute Gasteiger partial charge is 0.270 e. The molecular weight excluding hydrogens is 264 g/mol. The maximum absolute atomic E-state index is 11.7. The molecular formula is C10H15F2N3O2S. The fourth-order valence-electron chi connectivity index (χ4n) is 1.10. The predicted molar refractivity (Wildman–Crippen MR) is 63.9 cm³/mol. The van der Waals surface area contributed by atoms with E-state index in [4.69, 9.17) is 5.73 Å². The SMILES string of the molecule is CC(N)c1nc(C(=O)NCCOCC(F)F)cs1. The molecule has 0 bridgehead atoms. The second-order valence-electron chi connectivity index (χ2n) is 3.58. The number of halogens is 2. The lowest BCUT2D eigenvalue weighted by Crippen LogP contribution is -2.28. The van der Waals surface area contributed by atoms with Crippen molar-refractivity contribution in [2.24, 2.45) is 5.73 Å². The van der Waals surface area contributed by atoms with E-state index in [0.29, 0.717) is 5.01 Å². The standard InChI is InChI=1S/C10H15F2N3O2S/c1-6(13)10-15-7(5-18-10)9(16)14-2-3-17-4-8(11)12/h5-6,8H,2-4,13H2,1H3,(H,14,16). The lowest BCUT2D eigenvalue weighted by molar-refractivity contribution is 0.0188. The summed E-state index contributed by atoms with van der Waals surface area (Å²) in [5, 5.41) is 4.80. The van der Waals surface area contributed by atoms with Crippen LogP contribution in [0.4, 0.5) is 8.78 Å². The predicted octanol–water partition coefficient (Wildman–Crippen LogP) is 1.17. The molecule has 0 aliphatic rings. The fraction of sp³-hybridized carbons (Fsp3) is 0.600. The van der Waals surface area contributed by atoms with Crippen LogP contribution in [0.15, 0.2) is 5.38 Å². The van der Waals surface area contributed by atoms with Gasteiger partial charge in [-0.15, -0.1) is 11.3 Å². The van der Waals surface area contributed by atoms with Gasteiger partial charge < -0.3 is 15.8 Å². The van der Waals surface area contributed by atoms with Crippen molar-refractivity contribution in [3.63, 3.8) is 0 Å². The summed E-state index contributed by atoms with van der Waals surface area (Å²) >= 11 is 1.31. The summed E-state index contributed by atoms with van der Waals surface area (Å²) in [6, 6.07) is -0.217. The van der Waals surface area contributed by atoms with Gasteiger partial charge in [0.25, 0.3) is 12.3 Å². The first-order chi connectivity index (χ1) is 8.50. The zero-order valence-corrected chi connectivity index (χ0v) is 10.7. The maximum Gasteiger partial charge on any atom is 0.270 e. The normalized spacial score (nSPS) is 12.7. The van der Waals surface area contributed by atoms with Crippen LogP contribution in [0.25, 0.3) is 0 Å². The Hall–Kier alpha value is -1.12. The van der Waals surface area contributed by atoms with E-state index in [9.17, 15) is 13.6 Å². The average Bonchev–Trinajstić information content (AvgIpc) is 2.77. The third kappa shape index (κ3) is 5.03. The lowest BCUT2D eigenvalue weighted by Gasteiger charge is -2.04. The summed E-state index contributed by atoms with van der Waals surface area (Å²) in [6.45, 7) is 1.36. The Morgan fingerprint density at radius 3 is 2.94 bits per heavy atom. The van der Waals surface area contributed by atoms with Gasteiger partial charge in [0.05, 0.1) is 12.6 Å². The van der Waals surface area contributed by atoms with Gasteiger partial charge in [-0.3, -0.25) is 4.79 Å². The number of carbonyl (C=O) groups is 1. The number of hydrogen-bond donors (Lipinski definition) is 2. The van der Waals surface area contributed by atoms with Crippen LogP contribution < -0.4 is 11.1 Å². The summed E-state index contributed by atoms with van der Waals surface area (Å²) in [4.78, 5) is 15.6. The number of nitrogens with zero attached hydrogens (tertiary/aromatic N) is 1. The summed E-state index contributed by atoms with van der Waals surface area (Å²) in [5.41, 5.74) is 5.90. The van der Waals surface area contributed by atoms with Crippen LogP contribution in [-0.4, -0.2) is 37.1 Å². The average molecular weight is 279 g/mol.